The van der Waals surface area contributed by atoms with Crippen molar-refractivity contribution in [2.75, 3.05) is 17.6 Å². The highest BCUT2D eigenvalue weighted by Crippen LogP contribution is 2.24. The summed E-state index contributed by atoms with van der Waals surface area (Å²) in [7, 11) is -3.76. The third-order valence-electron chi connectivity index (χ3n) is 3.18. The van der Waals surface area contributed by atoms with Gasteiger partial charge >= 0.3 is 0 Å². The monoisotopic (exact) mass is 468 g/mol. The summed E-state index contributed by atoms with van der Waals surface area (Å²) in [4.78, 5) is 11.6. The van der Waals surface area contributed by atoms with Gasteiger partial charge in [-0.25, -0.2) is 13.1 Å². The van der Waals surface area contributed by atoms with Crippen molar-refractivity contribution in [1.29, 1.82) is 0 Å². The lowest BCUT2D eigenvalue weighted by Gasteiger charge is -2.05. The van der Waals surface area contributed by atoms with E-state index in [1.54, 1.807) is 37.7 Å². The third kappa shape index (κ3) is 6.88. The molecule has 0 aliphatic heterocycles. The zero-order valence-electron chi connectivity index (χ0n) is 14.5. The van der Waals surface area contributed by atoms with Gasteiger partial charge in [0, 0.05) is 24.0 Å². The van der Waals surface area contributed by atoms with E-state index in [1.165, 1.54) is 0 Å². The zero-order chi connectivity index (χ0) is 20.0. The number of nitrogens with zero attached hydrogens (tertiary/aromatic N) is 2. The number of hydrogen-bond donors (Lipinski definition) is 2. The number of carbonyl (C=O) groups is 1. The molecule has 12 heteroatoms. The van der Waals surface area contributed by atoms with E-state index in [4.69, 9.17) is 23.2 Å². The minimum Gasteiger partial charge on any atom is -0.300 e. The molecular formula is C15H18Cl2N4O3S3. The number of rotatable bonds is 9. The number of carbonyl (C=O) groups excluding carboxylic acids is 1. The lowest BCUT2D eigenvalue weighted by molar-refractivity contribution is -0.118. The minimum atomic E-state index is -3.76. The van der Waals surface area contributed by atoms with E-state index >= 15 is 0 Å². The number of benzene rings is 1. The highest BCUT2D eigenvalue weighted by Gasteiger charge is 2.20. The second kappa shape index (κ2) is 10.0. The number of anilines is 1. The average Bonchev–Trinajstić information content (AvgIpc) is 3.07. The lowest BCUT2D eigenvalue weighted by Crippen LogP contribution is -2.26. The molecular weight excluding hydrogens is 451 g/mol. The van der Waals surface area contributed by atoms with Gasteiger partial charge in [0.15, 0.2) is 0 Å². The summed E-state index contributed by atoms with van der Waals surface area (Å²) < 4.78 is 26.7. The van der Waals surface area contributed by atoms with Crippen molar-refractivity contribution in [2.24, 2.45) is 5.92 Å². The first-order valence-electron chi connectivity index (χ1n) is 7.84. The summed E-state index contributed by atoms with van der Waals surface area (Å²) in [6, 6.07) is 5.39. The standard InChI is InChI=1S/C15H18Cl2N4O3S3/c1-9(2)13(22)19-14-20-21-15(26-14)27(23,24)18-5-6-25-8-10-3-4-11(16)12(17)7-10/h3-4,7,9,18H,5-6,8H2,1-2H3,(H,19,20,22). The van der Waals surface area contributed by atoms with Gasteiger partial charge in [-0.05, 0) is 17.7 Å². The molecule has 0 atom stereocenters. The van der Waals surface area contributed by atoms with Crippen LogP contribution in [0.4, 0.5) is 5.13 Å². The molecule has 2 aromatic rings. The predicted molar refractivity (Wildman–Crippen MR) is 111 cm³/mol. The Labute approximate surface area is 176 Å². The molecule has 0 aliphatic rings. The molecule has 0 spiro atoms. The van der Waals surface area contributed by atoms with Crippen LogP contribution >= 0.6 is 46.3 Å². The van der Waals surface area contributed by atoms with E-state index < -0.39 is 10.0 Å². The largest absolute Gasteiger partial charge is 0.300 e. The number of halogens is 2. The topological polar surface area (TPSA) is 101 Å². The first-order valence-corrected chi connectivity index (χ1v) is 12.1. The van der Waals surface area contributed by atoms with Gasteiger partial charge in [0.25, 0.3) is 10.0 Å². The highest BCUT2D eigenvalue weighted by molar-refractivity contribution is 7.98. The predicted octanol–water partition coefficient (Wildman–Crippen LogP) is 3.65. The highest BCUT2D eigenvalue weighted by atomic mass is 35.5. The molecule has 0 saturated heterocycles. The molecule has 0 radical (unpaired) electrons. The Balaban J connectivity index is 1.80. The fourth-order valence-electron chi connectivity index (χ4n) is 1.75. The molecule has 2 N–H and O–H groups in total. The van der Waals surface area contributed by atoms with Gasteiger partial charge in [-0.3, -0.25) is 4.79 Å². The van der Waals surface area contributed by atoms with Crippen molar-refractivity contribution in [3.63, 3.8) is 0 Å². The average molecular weight is 469 g/mol. The molecule has 0 saturated carbocycles. The van der Waals surface area contributed by atoms with Crippen molar-refractivity contribution in [3.05, 3.63) is 33.8 Å². The van der Waals surface area contributed by atoms with Crippen LogP contribution in [0.5, 0.6) is 0 Å². The van der Waals surface area contributed by atoms with Gasteiger partial charge in [-0.1, -0.05) is 54.5 Å². The fraction of sp³-hybridized carbons (Fsp3) is 0.400. The van der Waals surface area contributed by atoms with Gasteiger partial charge in [0.05, 0.1) is 10.0 Å². The minimum absolute atomic E-state index is 0.156. The van der Waals surface area contributed by atoms with Crippen LogP contribution in [-0.2, 0) is 20.6 Å². The molecule has 7 nitrogen and oxygen atoms in total. The van der Waals surface area contributed by atoms with Crippen LogP contribution in [0.25, 0.3) is 0 Å². The zero-order valence-corrected chi connectivity index (χ0v) is 18.5. The quantitative estimate of drug-likeness (QED) is 0.430. The normalized spacial score (nSPS) is 11.7. The van der Waals surface area contributed by atoms with Crippen molar-refractivity contribution in [2.45, 2.75) is 23.9 Å². The summed E-state index contributed by atoms with van der Waals surface area (Å²) in [6.07, 6.45) is 0. The lowest BCUT2D eigenvalue weighted by atomic mass is 10.2. The van der Waals surface area contributed by atoms with Crippen LogP contribution < -0.4 is 10.0 Å². The Morgan fingerprint density at radius 2 is 2.00 bits per heavy atom. The van der Waals surface area contributed by atoms with E-state index in [0.717, 1.165) is 16.9 Å². The second-order valence-corrected chi connectivity index (χ2v) is 10.6. The summed E-state index contributed by atoms with van der Waals surface area (Å²) in [5.41, 5.74) is 1.01. The number of hydrogen-bond acceptors (Lipinski definition) is 7. The Kier molecular flexibility index (Phi) is 8.32. The van der Waals surface area contributed by atoms with E-state index in [0.29, 0.717) is 21.6 Å². The molecule has 1 heterocycles. The molecule has 1 aromatic carbocycles. The van der Waals surface area contributed by atoms with Crippen LogP contribution in [-0.4, -0.2) is 36.8 Å². The van der Waals surface area contributed by atoms with Crippen molar-refractivity contribution < 1.29 is 13.2 Å². The Bertz CT molecular complexity index is 903. The molecule has 1 aromatic heterocycles. The first-order chi connectivity index (χ1) is 12.7. The molecule has 2 rings (SSSR count). The number of aromatic nitrogens is 2. The van der Waals surface area contributed by atoms with Crippen LogP contribution in [0.2, 0.25) is 10.0 Å². The van der Waals surface area contributed by atoms with Crippen molar-refractivity contribution >= 4 is 67.4 Å². The smallest absolute Gasteiger partial charge is 0.269 e. The summed E-state index contributed by atoms with van der Waals surface area (Å²) >= 11 is 14.2. The third-order valence-corrected chi connectivity index (χ3v) is 7.62. The molecule has 1 amide bonds. The van der Waals surface area contributed by atoms with Crippen LogP contribution in [0, 0.1) is 5.92 Å². The van der Waals surface area contributed by atoms with Gasteiger partial charge < -0.3 is 5.32 Å². The summed E-state index contributed by atoms with van der Waals surface area (Å²) in [5.74, 6) is 0.763. The number of nitrogens with one attached hydrogen (secondary N) is 2. The Hall–Kier alpha value is -0.910. The molecule has 27 heavy (non-hydrogen) atoms. The van der Waals surface area contributed by atoms with Gasteiger partial charge in [-0.15, -0.1) is 10.2 Å². The Morgan fingerprint density at radius 3 is 2.67 bits per heavy atom. The fourth-order valence-corrected chi connectivity index (χ4v) is 4.98. The summed E-state index contributed by atoms with van der Waals surface area (Å²) in [6.45, 7) is 3.69. The van der Waals surface area contributed by atoms with E-state index in [9.17, 15) is 13.2 Å². The van der Waals surface area contributed by atoms with E-state index in [1.807, 2.05) is 6.07 Å². The number of amides is 1. The van der Waals surface area contributed by atoms with Crippen LogP contribution in [0.3, 0.4) is 0 Å². The Morgan fingerprint density at radius 1 is 1.26 bits per heavy atom. The van der Waals surface area contributed by atoms with Crippen molar-refractivity contribution in [3.8, 4) is 0 Å². The first kappa shape index (κ1) is 22.4. The van der Waals surface area contributed by atoms with Crippen LogP contribution in [0.1, 0.15) is 19.4 Å². The molecule has 0 bridgehead atoms. The second-order valence-electron chi connectivity index (χ2n) is 5.72. The van der Waals surface area contributed by atoms with Crippen molar-refractivity contribution in [1.82, 2.24) is 14.9 Å². The molecule has 0 fully saturated rings. The number of sulfonamides is 1. The molecule has 0 aliphatic carbocycles. The van der Waals surface area contributed by atoms with E-state index in [-0.39, 0.29) is 27.8 Å². The maximum atomic E-state index is 12.2. The maximum Gasteiger partial charge on any atom is 0.269 e. The van der Waals surface area contributed by atoms with Gasteiger partial charge in [0.1, 0.15) is 0 Å². The maximum absolute atomic E-state index is 12.2. The molecule has 0 unspecified atom stereocenters. The SMILES string of the molecule is CC(C)C(=O)Nc1nnc(S(=O)(=O)NCCSCc2ccc(Cl)c(Cl)c2)s1. The van der Waals surface area contributed by atoms with Gasteiger partial charge in [0.2, 0.25) is 15.4 Å². The summed E-state index contributed by atoms with van der Waals surface area (Å²) in [5, 5.41) is 11.0. The molecule has 148 valence electrons. The van der Waals surface area contributed by atoms with Crippen LogP contribution in [0.15, 0.2) is 22.5 Å². The van der Waals surface area contributed by atoms with Gasteiger partial charge in [-0.2, -0.15) is 11.8 Å². The number of thioether (sulfide) groups is 1. The van der Waals surface area contributed by atoms with E-state index in [2.05, 4.69) is 20.2 Å².